The van der Waals surface area contributed by atoms with Crippen LogP contribution >= 0.6 is 0 Å². The lowest BCUT2D eigenvalue weighted by Gasteiger charge is -2.45. The Bertz CT molecular complexity index is 1880. The fourth-order valence-corrected chi connectivity index (χ4v) is 10.8. The highest BCUT2D eigenvalue weighted by atomic mass is 15.2. The summed E-state index contributed by atoms with van der Waals surface area (Å²) in [5.41, 5.74) is 17.1. The summed E-state index contributed by atoms with van der Waals surface area (Å²) in [5, 5.41) is 0. The van der Waals surface area contributed by atoms with E-state index in [1.54, 1.807) is 0 Å². The number of rotatable bonds is 5. The van der Waals surface area contributed by atoms with Crippen molar-refractivity contribution in [3.05, 3.63) is 126 Å². The van der Waals surface area contributed by atoms with Gasteiger partial charge in [0.25, 0.3) is 6.71 Å². The van der Waals surface area contributed by atoms with Gasteiger partial charge in [-0.2, -0.15) is 0 Å². The van der Waals surface area contributed by atoms with Crippen LogP contribution in [0.5, 0.6) is 0 Å². The first-order chi connectivity index (χ1) is 25.3. The highest BCUT2D eigenvalue weighted by Crippen LogP contribution is 2.48. The lowest BCUT2D eigenvalue weighted by atomic mass is 9.33. The third kappa shape index (κ3) is 5.54. The van der Waals surface area contributed by atoms with Gasteiger partial charge in [0, 0.05) is 34.1 Å². The van der Waals surface area contributed by atoms with Gasteiger partial charge in [-0.1, -0.05) is 118 Å². The van der Waals surface area contributed by atoms with E-state index in [-0.39, 0.29) is 6.71 Å². The van der Waals surface area contributed by atoms with Gasteiger partial charge < -0.3 is 9.80 Å². The van der Waals surface area contributed by atoms with Gasteiger partial charge in [-0.25, -0.2) is 0 Å². The van der Waals surface area contributed by atoms with Gasteiger partial charge in [-0.05, 0) is 138 Å². The SMILES string of the molecule is c1ccc(N2c3cc(C4CCCCC4)ccc3B3c4ccc(C5CCCCC5)cc4N(c4ccccc4)c4cc(C5CCCCC5)cc2c43)cc1. The summed E-state index contributed by atoms with van der Waals surface area (Å²) in [6.07, 6.45) is 20.1. The second-order valence-electron chi connectivity index (χ2n) is 16.4. The van der Waals surface area contributed by atoms with Gasteiger partial charge in [0.05, 0.1) is 0 Å². The van der Waals surface area contributed by atoms with Crippen LogP contribution in [0.2, 0.25) is 0 Å². The molecule has 5 aromatic carbocycles. The minimum atomic E-state index is 0.196. The average Bonchev–Trinajstić information content (AvgIpc) is 3.21. The lowest BCUT2D eigenvalue weighted by Crippen LogP contribution is -2.61. The van der Waals surface area contributed by atoms with E-state index in [0.717, 1.165) is 0 Å². The van der Waals surface area contributed by atoms with Crippen molar-refractivity contribution < 1.29 is 0 Å². The molecule has 0 amide bonds. The number of anilines is 6. The molecule has 0 bridgehead atoms. The Kier molecular flexibility index (Phi) is 8.27. The van der Waals surface area contributed by atoms with Crippen LogP contribution in [0.4, 0.5) is 34.1 Å². The van der Waals surface area contributed by atoms with E-state index in [0.29, 0.717) is 17.8 Å². The second-order valence-corrected chi connectivity index (χ2v) is 16.4. The second kappa shape index (κ2) is 13.4. The molecule has 51 heavy (non-hydrogen) atoms. The average molecular weight is 667 g/mol. The summed E-state index contributed by atoms with van der Waals surface area (Å²) in [7, 11) is 0. The monoisotopic (exact) mass is 666 g/mol. The van der Waals surface area contributed by atoms with Crippen LogP contribution in [-0.4, -0.2) is 6.71 Å². The molecule has 3 saturated carbocycles. The van der Waals surface area contributed by atoms with E-state index in [1.807, 2.05) is 0 Å². The molecule has 10 rings (SSSR count). The van der Waals surface area contributed by atoms with E-state index >= 15 is 0 Å². The molecule has 2 nitrogen and oxygen atoms in total. The molecule has 2 heterocycles. The van der Waals surface area contributed by atoms with Crippen LogP contribution in [-0.2, 0) is 0 Å². The van der Waals surface area contributed by atoms with Crippen molar-refractivity contribution in [3.8, 4) is 0 Å². The quantitative estimate of drug-likeness (QED) is 0.169. The van der Waals surface area contributed by atoms with Gasteiger partial charge >= 0.3 is 0 Å². The summed E-state index contributed by atoms with van der Waals surface area (Å²) >= 11 is 0. The van der Waals surface area contributed by atoms with Crippen molar-refractivity contribution in [2.45, 2.75) is 114 Å². The Hall–Kier alpha value is -4.24. The molecular formula is C48H51BN2. The zero-order valence-electron chi connectivity index (χ0n) is 30.2. The number of para-hydroxylation sites is 2. The highest BCUT2D eigenvalue weighted by molar-refractivity contribution is 7.00. The first kappa shape index (κ1) is 31.5. The standard InChI is InChI=1S/C48H51BN2/c1-6-16-34(17-7-1)37-26-28-42-44(30-37)50(40-22-12-4-13-23-40)46-32-39(36-20-10-3-11-21-36)33-47-48(46)49(42)43-29-27-38(35-18-8-2-9-19-35)31-45(43)51(47)41-24-14-5-15-25-41/h4-5,12-15,22-36H,1-3,6-11,16-21H2. The molecule has 0 spiro atoms. The van der Waals surface area contributed by atoms with E-state index in [4.69, 9.17) is 0 Å². The molecule has 3 aliphatic carbocycles. The van der Waals surface area contributed by atoms with Crippen molar-refractivity contribution in [3.63, 3.8) is 0 Å². The third-order valence-electron chi connectivity index (χ3n) is 13.4. The number of hydrogen-bond donors (Lipinski definition) is 0. The zero-order valence-corrected chi connectivity index (χ0v) is 30.2. The smallest absolute Gasteiger partial charge is 0.252 e. The summed E-state index contributed by atoms with van der Waals surface area (Å²) in [6, 6.07) is 43.2. The number of fused-ring (bicyclic) bond motifs is 4. The van der Waals surface area contributed by atoms with Gasteiger partial charge in [0.1, 0.15) is 0 Å². The van der Waals surface area contributed by atoms with Crippen LogP contribution in [0.15, 0.2) is 109 Å². The van der Waals surface area contributed by atoms with E-state index in [2.05, 4.69) is 119 Å². The molecule has 0 aromatic heterocycles. The lowest BCUT2D eigenvalue weighted by molar-refractivity contribution is 0.443. The summed E-state index contributed by atoms with van der Waals surface area (Å²) in [6.45, 7) is 0.196. The van der Waals surface area contributed by atoms with Gasteiger partial charge in [0.15, 0.2) is 0 Å². The Balaban J connectivity index is 1.25. The third-order valence-corrected chi connectivity index (χ3v) is 13.4. The van der Waals surface area contributed by atoms with E-state index in [1.165, 1.54) is 164 Å². The van der Waals surface area contributed by atoms with Crippen molar-refractivity contribution in [1.82, 2.24) is 0 Å². The molecule has 5 aliphatic rings. The maximum atomic E-state index is 2.66. The Morgan fingerprint density at radius 3 is 1.16 bits per heavy atom. The van der Waals surface area contributed by atoms with Crippen molar-refractivity contribution in [2.75, 3.05) is 9.80 Å². The molecule has 0 radical (unpaired) electrons. The van der Waals surface area contributed by atoms with Crippen LogP contribution in [0.25, 0.3) is 0 Å². The molecule has 256 valence electrons. The van der Waals surface area contributed by atoms with Crippen LogP contribution in [0, 0.1) is 0 Å². The fourth-order valence-electron chi connectivity index (χ4n) is 10.8. The van der Waals surface area contributed by atoms with Crippen molar-refractivity contribution in [1.29, 1.82) is 0 Å². The number of hydrogen-bond acceptors (Lipinski definition) is 2. The molecule has 2 aliphatic heterocycles. The predicted octanol–water partition coefficient (Wildman–Crippen LogP) is 11.9. The summed E-state index contributed by atoms with van der Waals surface area (Å²) in [4.78, 5) is 5.32. The number of nitrogens with zero attached hydrogens (tertiary/aromatic N) is 2. The Morgan fingerprint density at radius 2 is 0.745 bits per heavy atom. The van der Waals surface area contributed by atoms with Crippen molar-refractivity contribution in [2.24, 2.45) is 0 Å². The van der Waals surface area contributed by atoms with Gasteiger partial charge in [-0.3, -0.25) is 0 Å². The van der Waals surface area contributed by atoms with E-state index in [9.17, 15) is 0 Å². The summed E-state index contributed by atoms with van der Waals surface area (Å²) < 4.78 is 0. The molecule has 0 unspecified atom stereocenters. The highest BCUT2D eigenvalue weighted by Gasteiger charge is 2.44. The minimum absolute atomic E-state index is 0.196. The predicted molar refractivity (Wildman–Crippen MR) is 218 cm³/mol. The molecule has 5 aromatic rings. The first-order valence-corrected chi connectivity index (χ1v) is 20.5. The normalized spacial score (nSPS) is 19.4. The molecule has 3 heteroatoms. The van der Waals surface area contributed by atoms with Gasteiger partial charge in [-0.15, -0.1) is 0 Å². The zero-order chi connectivity index (χ0) is 33.7. The molecular weight excluding hydrogens is 615 g/mol. The maximum absolute atomic E-state index is 2.66. The Morgan fingerprint density at radius 1 is 0.373 bits per heavy atom. The van der Waals surface area contributed by atoms with Crippen LogP contribution < -0.4 is 26.2 Å². The van der Waals surface area contributed by atoms with Crippen LogP contribution in [0.3, 0.4) is 0 Å². The van der Waals surface area contributed by atoms with Crippen LogP contribution in [0.1, 0.15) is 131 Å². The maximum Gasteiger partial charge on any atom is 0.252 e. The Labute approximate surface area is 306 Å². The van der Waals surface area contributed by atoms with E-state index < -0.39 is 0 Å². The topological polar surface area (TPSA) is 6.48 Å². The first-order valence-electron chi connectivity index (χ1n) is 20.5. The minimum Gasteiger partial charge on any atom is -0.311 e. The fraction of sp³-hybridized carbons (Fsp3) is 0.375. The van der Waals surface area contributed by atoms with Crippen molar-refractivity contribution >= 4 is 57.2 Å². The summed E-state index contributed by atoms with van der Waals surface area (Å²) in [5.74, 6) is 1.94. The number of benzene rings is 5. The molecule has 0 atom stereocenters. The van der Waals surface area contributed by atoms with Gasteiger partial charge in [0.2, 0.25) is 0 Å². The molecule has 3 fully saturated rings. The molecule has 0 N–H and O–H groups in total. The largest absolute Gasteiger partial charge is 0.311 e. The molecule has 0 saturated heterocycles.